The van der Waals surface area contributed by atoms with E-state index in [1.807, 2.05) is 6.20 Å². The monoisotopic (exact) mass is 238 g/mol. The van der Waals surface area contributed by atoms with Gasteiger partial charge in [-0.25, -0.2) is 0 Å². The van der Waals surface area contributed by atoms with Crippen LogP contribution in [0.15, 0.2) is 48.7 Å². The van der Waals surface area contributed by atoms with Crippen molar-refractivity contribution in [2.75, 3.05) is 6.54 Å². The molecule has 0 spiro atoms. The van der Waals surface area contributed by atoms with Crippen LogP contribution in [0.4, 0.5) is 0 Å². The number of hydrogen-bond acceptors (Lipinski definition) is 2. The van der Waals surface area contributed by atoms with Gasteiger partial charge in [-0.15, -0.1) is 0 Å². The zero-order chi connectivity index (χ0) is 12.4. The highest BCUT2D eigenvalue weighted by molar-refractivity contribution is 5.27. The number of aromatic nitrogens is 1. The van der Waals surface area contributed by atoms with Crippen molar-refractivity contribution < 1.29 is 0 Å². The van der Waals surface area contributed by atoms with E-state index in [0.29, 0.717) is 12.0 Å². The van der Waals surface area contributed by atoms with Gasteiger partial charge in [-0.1, -0.05) is 36.4 Å². The quantitative estimate of drug-likeness (QED) is 0.869. The number of rotatable bonds is 2. The molecule has 2 aromatic rings. The number of benzene rings is 1. The van der Waals surface area contributed by atoms with Crippen LogP contribution in [0, 0.1) is 6.92 Å². The van der Waals surface area contributed by atoms with E-state index < -0.39 is 0 Å². The lowest BCUT2D eigenvalue weighted by Gasteiger charge is -2.19. The van der Waals surface area contributed by atoms with Gasteiger partial charge in [-0.3, -0.25) is 4.98 Å². The van der Waals surface area contributed by atoms with E-state index in [9.17, 15) is 0 Å². The highest BCUT2D eigenvalue weighted by Gasteiger charge is 2.30. The van der Waals surface area contributed by atoms with Crippen LogP contribution in [-0.2, 0) is 0 Å². The van der Waals surface area contributed by atoms with Crippen LogP contribution in [0.3, 0.4) is 0 Å². The molecule has 0 aliphatic carbocycles. The first kappa shape index (κ1) is 11.4. The predicted molar refractivity (Wildman–Crippen MR) is 73.5 cm³/mol. The van der Waals surface area contributed by atoms with E-state index >= 15 is 0 Å². The van der Waals surface area contributed by atoms with Crippen molar-refractivity contribution >= 4 is 0 Å². The average Bonchev–Trinajstić information content (AvgIpc) is 2.90. The van der Waals surface area contributed by atoms with Gasteiger partial charge in [-0.05, 0) is 37.1 Å². The first-order valence-electron chi connectivity index (χ1n) is 6.55. The van der Waals surface area contributed by atoms with Gasteiger partial charge in [-0.2, -0.15) is 0 Å². The third kappa shape index (κ3) is 2.16. The molecule has 1 aromatic heterocycles. The Hall–Kier alpha value is -1.67. The van der Waals surface area contributed by atoms with Crippen LogP contribution in [0.1, 0.15) is 35.2 Å². The summed E-state index contributed by atoms with van der Waals surface area (Å²) in [7, 11) is 0. The number of pyridine rings is 1. The number of nitrogens with one attached hydrogen (secondary N) is 1. The molecule has 1 aliphatic rings. The molecular weight excluding hydrogens is 220 g/mol. The van der Waals surface area contributed by atoms with Crippen molar-refractivity contribution in [3.8, 4) is 0 Å². The summed E-state index contributed by atoms with van der Waals surface area (Å²) < 4.78 is 0. The van der Waals surface area contributed by atoms with E-state index in [0.717, 1.165) is 13.0 Å². The van der Waals surface area contributed by atoms with E-state index in [2.05, 4.69) is 59.7 Å². The molecule has 1 fully saturated rings. The van der Waals surface area contributed by atoms with Crippen LogP contribution >= 0.6 is 0 Å². The SMILES string of the molecule is Cc1ccc(C2CCNC2c2ccccc2)nc1. The van der Waals surface area contributed by atoms with E-state index in [1.165, 1.54) is 16.8 Å². The Balaban J connectivity index is 1.90. The lowest BCUT2D eigenvalue weighted by molar-refractivity contribution is 0.566. The fraction of sp³-hybridized carbons (Fsp3) is 0.312. The van der Waals surface area contributed by atoms with E-state index in [-0.39, 0.29) is 0 Å². The molecule has 1 aromatic carbocycles. The minimum atomic E-state index is 0.404. The van der Waals surface area contributed by atoms with Gasteiger partial charge < -0.3 is 5.32 Å². The van der Waals surface area contributed by atoms with Crippen molar-refractivity contribution in [1.29, 1.82) is 0 Å². The van der Waals surface area contributed by atoms with Gasteiger partial charge in [0.1, 0.15) is 0 Å². The third-order valence-corrected chi connectivity index (χ3v) is 3.69. The van der Waals surface area contributed by atoms with Gasteiger partial charge in [0.05, 0.1) is 0 Å². The highest BCUT2D eigenvalue weighted by Crippen LogP contribution is 2.36. The molecule has 18 heavy (non-hydrogen) atoms. The lowest BCUT2D eigenvalue weighted by Crippen LogP contribution is -2.17. The second-order valence-corrected chi connectivity index (χ2v) is 5.00. The van der Waals surface area contributed by atoms with Crippen LogP contribution in [0.5, 0.6) is 0 Å². The fourth-order valence-electron chi connectivity index (χ4n) is 2.73. The Labute approximate surface area is 108 Å². The van der Waals surface area contributed by atoms with Gasteiger partial charge >= 0.3 is 0 Å². The molecule has 0 bridgehead atoms. The number of aryl methyl sites for hydroxylation is 1. The molecule has 2 heterocycles. The Morgan fingerprint density at radius 2 is 1.94 bits per heavy atom. The Morgan fingerprint density at radius 3 is 2.67 bits per heavy atom. The smallest absolute Gasteiger partial charge is 0.0454 e. The molecule has 0 radical (unpaired) electrons. The topological polar surface area (TPSA) is 24.9 Å². The summed E-state index contributed by atoms with van der Waals surface area (Å²) in [5, 5.41) is 3.60. The highest BCUT2D eigenvalue weighted by atomic mass is 15.0. The number of nitrogens with zero attached hydrogens (tertiary/aromatic N) is 1. The normalized spacial score (nSPS) is 23.2. The molecule has 0 saturated carbocycles. The second-order valence-electron chi connectivity index (χ2n) is 5.00. The Morgan fingerprint density at radius 1 is 1.11 bits per heavy atom. The van der Waals surface area contributed by atoms with Crippen molar-refractivity contribution in [2.24, 2.45) is 0 Å². The summed E-state index contributed by atoms with van der Waals surface area (Å²) in [6, 6.07) is 15.4. The second kappa shape index (κ2) is 4.91. The zero-order valence-corrected chi connectivity index (χ0v) is 10.6. The van der Waals surface area contributed by atoms with Crippen LogP contribution in [0.25, 0.3) is 0 Å². The van der Waals surface area contributed by atoms with Gasteiger partial charge in [0.25, 0.3) is 0 Å². The van der Waals surface area contributed by atoms with Crippen LogP contribution < -0.4 is 5.32 Å². The van der Waals surface area contributed by atoms with Crippen LogP contribution in [-0.4, -0.2) is 11.5 Å². The largest absolute Gasteiger partial charge is 0.309 e. The molecule has 2 heteroatoms. The molecular formula is C16H18N2. The van der Waals surface area contributed by atoms with E-state index in [4.69, 9.17) is 0 Å². The van der Waals surface area contributed by atoms with Gasteiger partial charge in [0.2, 0.25) is 0 Å². The van der Waals surface area contributed by atoms with E-state index in [1.54, 1.807) is 0 Å². The summed E-state index contributed by atoms with van der Waals surface area (Å²) in [6.07, 6.45) is 3.13. The van der Waals surface area contributed by atoms with Gasteiger partial charge in [0, 0.05) is 23.9 Å². The summed E-state index contributed by atoms with van der Waals surface area (Å²) in [6.45, 7) is 3.15. The molecule has 1 N–H and O–H groups in total. The molecule has 3 rings (SSSR count). The summed E-state index contributed by atoms with van der Waals surface area (Å²) in [4.78, 5) is 4.60. The average molecular weight is 238 g/mol. The first-order valence-corrected chi connectivity index (χ1v) is 6.55. The maximum absolute atomic E-state index is 4.60. The van der Waals surface area contributed by atoms with Crippen molar-refractivity contribution in [1.82, 2.24) is 10.3 Å². The molecule has 0 amide bonds. The third-order valence-electron chi connectivity index (χ3n) is 3.69. The Bertz CT molecular complexity index is 504. The molecule has 1 aliphatic heterocycles. The summed E-state index contributed by atoms with van der Waals surface area (Å²) in [5.74, 6) is 0.494. The van der Waals surface area contributed by atoms with Crippen molar-refractivity contribution in [3.05, 3.63) is 65.5 Å². The lowest BCUT2D eigenvalue weighted by atomic mass is 9.91. The molecule has 92 valence electrons. The van der Waals surface area contributed by atoms with Crippen molar-refractivity contribution in [2.45, 2.75) is 25.3 Å². The minimum Gasteiger partial charge on any atom is -0.309 e. The summed E-state index contributed by atoms with van der Waals surface area (Å²) in [5.41, 5.74) is 3.79. The molecule has 2 nitrogen and oxygen atoms in total. The Kier molecular flexibility index (Phi) is 3.11. The summed E-state index contributed by atoms with van der Waals surface area (Å²) >= 11 is 0. The van der Waals surface area contributed by atoms with Gasteiger partial charge in [0.15, 0.2) is 0 Å². The maximum atomic E-state index is 4.60. The fourth-order valence-corrected chi connectivity index (χ4v) is 2.73. The molecule has 2 unspecified atom stereocenters. The predicted octanol–water partition coefficient (Wildman–Crippen LogP) is 3.21. The standard InChI is InChI=1S/C16H18N2/c1-12-7-8-15(18-11-12)14-9-10-17-16(14)13-5-3-2-4-6-13/h2-8,11,14,16-17H,9-10H2,1H3. The first-order chi connectivity index (χ1) is 8.84. The molecule has 2 atom stereocenters. The van der Waals surface area contributed by atoms with Crippen LogP contribution in [0.2, 0.25) is 0 Å². The maximum Gasteiger partial charge on any atom is 0.0454 e. The molecule has 1 saturated heterocycles. The minimum absolute atomic E-state index is 0.404. The zero-order valence-electron chi connectivity index (χ0n) is 10.6. The number of hydrogen-bond donors (Lipinski definition) is 1. The van der Waals surface area contributed by atoms with Crippen molar-refractivity contribution in [3.63, 3.8) is 0 Å².